The summed E-state index contributed by atoms with van der Waals surface area (Å²) in [7, 11) is -2.89. The predicted molar refractivity (Wildman–Crippen MR) is 324 cm³/mol. The Morgan fingerprint density at radius 3 is 1.03 bits per heavy atom. The summed E-state index contributed by atoms with van der Waals surface area (Å²) in [5.41, 5.74) is 15.3. The molecule has 12 aromatic carbocycles. The van der Waals surface area contributed by atoms with E-state index >= 15 is 0 Å². The Hall–Kier alpha value is -9.74. The Kier molecular flexibility index (Phi) is 10.2. The molecule has 4 heteroatoms. The molecule has 3 aromatic heterocycles. The number of hydrogen-bond acceptors (Lipinski definition) is 0. The first kappa shape index (κ1) is 43.8. The van der Waals surface area contributed by atoms with E-state index in [2.05, 4.69) is 311 Å². The molecule has 0 aliphatic heterocycles. The van der Waals surface area contributed by atoms with E-state index in [4.69, 9.17) is 0 Å². The number of aromatic nitrogens is 3. The Morgan fingerprint density at radius 2 is 0.526 bits per heavy atom. The predicted octanol–water partition coefficient (Wildman–Crippen LogP) is 15.7. The lowest BCUT2D eigenvalue weighted by Crippen LogP contribution is -2.74. The fourth-order valence-electron chi connectivity index (χ4n) is 12.6. The van der Waals surface area contributed by atoms with Crippen molar-refractivity contribution >= 4 is 94.2 Å². The molecule has 76 heavy (non-hydrogen) atoms. The van der Waals surface area contributed by atoms with Crippen molar-refractivity contribution in [1.29, 1.82) is 0 Å². The van der Waals surface area contributed by atoms with Crippen molar-refractivity contribution in [3.05, 3.63) is 297 Å². The first-order chi connectivity index (χ1) is 37.7. The molecule has 356 valence electrons. The molecule has 3 heterocycles. The van der Waals surface area contributed by atoms with Crippen molar-refractivity contribution in [2.75, 3.05) is 0 Å². The highest BCUT2D eigenvalue weighted by molar-refractivity contribution is 7.20. The lowest BCUT2D eigenvalue weighted by atomic mass is 10.0. The SMILES string of the molecule is c1ccc(-c2cccc(-n3c4ccccc4c4cc(-n5c6ccc(-n7c8ccccc8c8cc(-c9ccccc9)ccc87)cc6c6cc([Si](c7ccccc7)(c7ccccc7)c7ccccc7)ccc65)ccc43)c2)cc1. The molecule has 15 rings (SSSR count). The number of para-hydroxylation sites is 2. The molecule has 0 atom stereocenters. The number of benzene rings is 12. The largest absolute Gasteiger partial charge is 0.309 e. The van der Waals surface area contributed by atoms with E-state index < -0.39 is 8.07 Å². The van der Waals surface area contributed by atoms with E-state index in [9.17, 15) is 0 Å². The highest BCUT2D eigenvalue weighted by Gasteiger charge is 2.41. The number of hydrogen-bond donors (Lipinski definition) is 0. The van der Waals surface area contributed by atoms with Crippen LogP contribution in [0.25, 0.3) is 105 Å². The summed E-state index contributed by atoms with van der Waals surface area (Å²) < 4.78 is 7.41. The summed E-state index contributed by atoms with van der Waals surface area (Å²) in [6, 6.07) is 110. The van der Waals surface area contributed by atoms with Crippen molar-refractivity contribution < 1.29 is 0 Å². The number of rotatable bonds is 9. The standard InChI is InChI=1S/C72H49N3Si/c1-6-21-50(22-7-1)52-25-20-26-54(45-52)73-68-36-19-17-34-62(68)64-47-55(38-42-70(64)73)75-71-43-39-56(74-67-35-18-16-33-61(67)63-46-53(37-41-69(63)74)51-23-8-2-9-24-51)48-65(71)66-49-60(40-44-72(66)75)76(57-27-10-3-11-28-57,58-29-12-4-13-30-58)59-31-14-5-15-32-59/h1-49H. The van der Waals surface area contributed by atoms with Crippen LogP contribution in [0.5, 0.6) is 0 Å². The van der Waals surface area contributed by atoms with Gasteiger partial charge in [-0.1, -0.05) is 218 Å². The van der Waals surface area contributed by atoms with Crippen LogP contribution in [-0.2, 0) is 0 Å². The molecule has 15 aromatic rings. The Balaban J connectivity index is 0.998. The second-order valence-corrected chi connectivity index (χ2v) is 23.8. The Bertz CT molecular complexity index is 4570. The van der Waals surface area contributed by atoms with E-state index in [1.54, 1.807) is 0 Å². The van der Waals surface area contributed by atoms with Gasteiger partial charge in [0.2, 0.25) is 0 Å². The lowest BCUT2D eigenvalue weighted by Gasteiger charge is -2.34. The van der Waals surface area contributed by atoms with Crippen molar-refractivity contribution in [2.24, 2.45) is 0 Å². The first-order valence-corrected chi connectivity index (χ1v) is 28.2. The van der Waals surface area contributed by atoms with Crippen LogP contribution in [-0.4, -0.2) is 21.8 Å². The maximum Gasteiger partial charge on any atom is 0.179 e. The summed E-state index contributed by atoms with van der Waals surface area (Å²) in [6.07, 6.45) is 0. The zero-order valence-corrected chi connectivity index (χ0v) is 42.6. The second-order valence-electron chi connectivity index (χ2n) is 20.0. The van der Waals surface area contributed by atoms with Crippen LogP contribution in [0.4, 0.5) is 0 Å². The average molecular weight is 984 g/mol. The topological polar surface area (TPSA) is 14.8 Å². The molecule has 0 spiro atoms. The minimum atomic E-state index is -2.89. The summed E-state index contributed by atoms with van der Waals surface area (Å²) in [5, 5.41) is 12.8. The molecule has 0 fully saturated rings. The van der Waals surface area contributed by atoms with Gasteiger partial charge in [-0.25, -0.2) is 0 Å². The molecule has 0 unspecified atom stereocenters. The molecular weight excluding hydrogens is 935 g/mol. The Labute approximate surface area is 442 Å². The molecule has 0 amide bonds. The molecule has 0 aliphatic rings. The van der Waals surface area contributed by atoms with Gasteiger partial charge in [-0.15, -0.1) is 0 Å². The molecule has 0 saturated heterocycles. The first-order valence-electron chi connectivity index (χ1n) is 26.2. The summed E-state index contributed by atoms with van der Waals surface area (Å²) in [5.74, 6) is 0. The average Bonchev–Trinajstić information content (AvgIpc) is 4.25. The van der Waals surface area contributed by atoms with E-state index in [-0.39, 0.29) is 0 Å². The third kappa shape index (κ3) is 6.81. The van der Waals surface area contributed by atoms with E-state index in [0.717, 1.165) is 22.6 Å². The van der Waals surface area contributed by atoms with Gasteiger partial charge in [-0.2, -0.15) is 0 Å². The fourth-order valence-corrected chi connectivity index (χ4v) is 17.4. The quantitative estimate of drug-likeness (QED) is 0.101. The molecule has 0 radical (unpaired) electrons. The van der Waals surface area contributed by atoms with E-state index in [0.29, 0.717) is 0 Å². The summed E-state index contributed by atoms with van der Waals surface area (Å²) >= 11 is 0. The molecule has 0 bridgehead atoms. The van der Waals surface area contributed by atoms with Gasteiger partial charge in [0.15, 0.2) is 8.07 Å². The third-order valence-electron chi connectivity index (χ3n) is 16.0. The van der Waals surface area contributed by atoms with Gasteiger partial charge in [0, 0.05) is 49.4 Å². The maximum atomic E-state index is 2.55. The van der Waals surface area contributed by atoms with Gasteiger partial charge >= 0.3 is 0 Å². The summed E-state index contributed by atoms with van der Waals surface area (Å²) in [6.45, 7) is 0. The van der Waals surface area contributed by atoms with Crippen LogP contribution in [0, 0.1) is 0 Å². The van der Waals surface area contributed by atoms with Crippen LogP contribution in [0.15, 0.2) is 297 Å². The van der Waals surface area contributed by atoms with Crippen LogP contribution in [0.1, 0.15) is 0 Å². The van der Waals surface area contributed by atoms with Gasteiger partial charge < -0.3 is 13.7 Å². The van der Waals surface area contributed by atoms with Gasteiger partial charge in [-0.3, -0.25) is 0 Å². The third-order valence-corrected chi connectivity index (χ3v) is 20.7. The fraction of sp³-hybridized carbons (Fsp3) is 0. The van der Waals surface area contributed by atoms with Gasteiger partial charge in [0.25, 0.3) is 0 Å². The highest BCUT2D eigenvalue weighted by atomic mass is 28.3. The molecule has 0 aliphatic carbocycles. The number of fused-ring (bicyclic) bond motifs is 9. The molecule has 3 nitrogen and oxygen atoms in total. The summed E-state index contributed by atoms with van der Waals surface area (Å²) in [4.78, 5) is 0. The molecule has 0 saturated carbocycles. The monoisotopic (exact) mass is 983 g/mol. The lowest BCUT2D eigenvalue weighted by molar-refractivity contribution is 1.16. The maximum absolute atomic E-state index is 2.89. The minimum absolute atomic E-state index is 1.12. The van der Waals surface area contributed by atoms with Crippen molar-refractivity contribution in [3.8, 4) is 39.3 Å². The zero-order valence-electron chi connectivity index (χ0n) is 41.6. The van der Waals surface area contributed by atoms with E-state index in [1.807, 2.05) is 0 Å². The van der Waals surface area contributed by atoms with Crippen molar-refractivity contribution in [1.82, 2.24) is 13.7 Å². The van der Waals surface area contributed by atoms with Crippen LogP contribution in [0.3, 0.4) is 0 Å². The van der Waals surface area contributed by atoms with Gasteiger partial charge in [0.1, 0.15) is 0 Å². The minimum Gasteiger partial charge on any atom is -0.309 e. The smallest absolute Gasteiger partial charge is 0.179 e. The van der Waals surface area contributed by atoms with E-state index in [1.165, 1.54) is 103 Å². The van der Waals surface area contributed by atoms with Crippen LogP contribution < -0.4 is 20.7 Å². The van der Waals surface area contributed by atoms with Crippen LogP contribution in [0.2, 0.25) is 0 Å². The van der Waals surface area contributed by atoms with Gasteiger partial charge in [-0.05, 0) is 122 Å². The molecular formula is C72H49N3Si. The number of nitrogens with zero attached hydrogens (tertiary/aromatic N) is 3. The van der Waals surface area contributed by atoms with Crippen molar-refractivity contribution in [3.63, 3.8) is 0 Å². The zero-order chi connectivity index (χ0) is 50.2. The van der Waals surface area contributed by atoms with Crippen molar-refractivity contribution in [2.45, 2.75) is 0 Å². The highest BCUT2D eigenvalue weighted by Crippen LogP contribution is 2.40. The van der Waals surface area contributed by atoms with Crippen LogP contribution >= 0.6 is 0 Å². The molecule has 0 N–H and O–H groups in total. The second kappa shape index (κ2) is 17.7. The Morgan fingerprint density at radius 1 is 0.184 bits per heavy atom. The van der Waals surface area contributed by atoms with Gasteiger partial charge in [0.05, 0.1) is 33.1 Å². The normalized spacial score (nSPS) is 11.9.